The van der Waals surface area contributed by atoms with Crippen LogP contribution in [-0.2, 0) is 4.74 Å². The van der Waals surface area contributed by atoms with Gasteiger partial charge in [0.05, 0.1) is 28.8 Å². The Labute approximate surface area is 168 Å². The lowest BCUT2D eigenvalue weighted by Gasteiger charge is -2.11. The van der Waals surface area contributed by atoms with Gasteiger partial charge in [-0.1, -0.05) is 29.8 Å². The van der Waals surface area contributed by atoms with E-state index in [-0.39, 0.29) is 23.7 Å². The number of ether oxygens (including phenoxy) is 1. The van der Waals surface area contributed by atoms with Crippen molar-refractivity contribution in [3.8, 4) is 5.75 Å². The number of carbonyl (C=O) groups is 2. The van der Waals surface area contributed by atoms with Crippen molar-refractivity contribution in [2.75, 3.05) is 6.61 Å². The summed E-state index contributed by atoms with van der Waals surface area (Å²) in [5.41, 5.74) is 4.26. The summed E-state index contributed by atoms with van der Waals surface area (Å²) in [7, 11) is 0. The van der Waals surface area contributed by atoms with Crippen molar-refractivity contribution in [1.82, 2.24) is 4.40 Å². The molecule has 0 aliphatic heterocycles. The van der Waals surface area contributed by atoms with Crippen LogP contribution in [-0.4, -0.2) is 27.9 Å². The Morgan fingerprint density at radius 1 is 1.03 bits per heavy atom. The number of para-hydroxylation sites is 1. The van der Waals surface area contributed by atoms with E-state index in [1.807, 2.05) is 42.5 Å². The molecule has 4 rings (SSSR count). The van der Waals surface area contributed by atoms with Crippen LogP contribution < -0.4 is 0 Å². The fourth-order valence-electron chi connectivity index (χ4n) is 3.77. The molecule has 2 heterocycles. The zero-order valence-corrected chi connectivity index (χ0v) is 16.5. The van der Waals surface area contributed by atoms with E-state index in [2.05, 4.69) is 0 Å². The Bertz CT molecular complexity index is 1280. The molecule has 0 radical (unpaired) electrons. The van der Waals surface area contributed by atoms with Crippen molar-refractivity contribution < 1.29 is 19.4 Å². The van der Waals surface area contributed by atoms with Gasteiger partial charge in [0.1, 0.15) is 5.75 Å². The number of aryl methyl sites for hydroxylation is 2. The Hall–Kier alpha value is -3.60. The van der Waals surface area contributed by atoms with Crippen LogP contribution in [0.5, 0.6) is 5.75 Å². The molecule has 4 aromatic rings. The van der Waals surface area contributed by atoms with Gasteiger partial charge in [-0.3, -0.25) is 4.79 Å². The minimum atomic E-state index is -0.480. The monoisotopic (exact) mass is 387 g/mol. The van der Waals surface area contributed by atoms with Gasteiger partial charge in [0.15, 0.2) is 5.78 Å². The van der Waals surface area contributed by atoms with Crippen LogP contribution in [0.3, 0.4) is 0 Å². The first-order valence-corrected chi connectivity index (χ1v) is 9.47. The number of pyridine rings is 1. The molecule has 2 aromatic carbocycles. The minimum absolute atomic E-state index is 0.0908. The standard InChI is InChI=1S/C24H21NO4/c1-4-29-24(28)19-12-16(23(27)18-11-14(2)9-10-21(18)26)13-25-20-8-6-5-7-17(20)15(3)22(19)25/h5-13,26H,4H2,1-3H3. The van der Waals surface area contributed by atoms with Gasteiger partial charge >= 0.3 is 5.97 Å². The number of aromatic nitrogens is 1. The first-order chi connectivity index (χ1) is 13.9. The van der Waals surface area contributed by atoms with Gasteiger partial charge in [-0.25, -0.2) is 4.79 Å². The third-order valence-corrected chi connectivity index (χ3v) is 5.14. The summed E-state index contributed by atoms with van der Waals surface area (Å²) in [6.07, 6.45) is 1.72. The van der Waals surface area contributed by atoms with Crippen molar-refractivity contribution in [3.63, 3.8) is 0 Å². The van der Waals surface area contributed by atoms with E-state index in [9.17, 15) is 14.7 Å². The molecule has 0 amide bonds. The number of ketones is 1. The van der Waals surface area contributed by atoms with E-state index in [0.717, 1.165) is 27.5 Å². The van der Waals surface area contributed by atoms with Crippen molar-refractivity contribution in [1.29, 1.82) is 0 Å². The Balaban J connectivity index is 2.03. The molecule has 0 atom stereocenters. The number of aromatic hydroxyl groups is 1. The third-order valence-electron chi connectivity index (χ3n) is 5.14. The van der Waals surface area contributed by atoms with Crippen molar-refractivity contribution in [2.45, 2.75) is 20.8 Å². The van der Waals surface area contributed by atoms with Crippen molar-refractivity contribution >= 4 is 28.2 Å². The maximum Gasteiger partial charge on any atom is 0.340 e. The summed E-state index contributed by atoms with van der Waals surface area (Å²) in [5, 5.41) is 11.2. The highest BCUT2D eigenvalue weighted by atomic mass is 16.5. The third kappa shape index (κ3) is 3.05. The van der Waals surface area contributed by atoms with Crippen LogP contribution in [0.25, 0.3) is 16.4 Å². The largest absolute Gasteiger partial charge is 0.507 e. The number of esters is 1. The first-order valence-electron chi connectivity index (χ1n) is 9.47. The molecule has 0 bridgehead atoms. The molecule has 29 heavy (non-hydrogen) atoms. The summed E-state index contributed by atoms with van der Waals surface area (Å²) in [4.78, 5) is 25.9. The summed E-state index contributed by atoms with van der Waals surface area (Å²) in [5.74, 6) is -0.924. The lowest BCUT2D eigenvalue weighted by Crippen LogP contribution is -2.11. The second-order valence-electron chi connectivity index (χ2n) is 7.07. The highest BCUT2D eigenvalue weighted by Gasteiger charge is 2.22. The summed E-state index contributed by atoms with van der Waals surface area (Å²) < 4.78 is 7.12. The number of phenolic OH excluding ortho intramolecular Hbond substituents is 1. The molecule has 0 fully saturated rings. The number of nitrogens with zero attached hydrogens (tertiary/aromatic N) is 1. The molecular weight excluding hydrogens is 366 g/mol. The summed E-state index contributed by atoms with van der Waals surface area (Å²) in [6, 6.07) is 14.2. The predicted octanol–water partition coefficient (Wildman–Crippen LogP) is 4.82. The van der Waals surface area contributed by atoms with E-state index in [1.165, 1.54) is 6.07 Å². The average molecular weight is 387 g/mol. The van der Waals surface area contributed by atoms with Crippen LogP contribution in [0.1, 0.15) is 44.3 Å². The molecule has 0 aliphatic carbocycles. The fraction of sp³-hybridized carbons (Fsp3) is 0.167. The number of fused-ring (bicyclic) bond motifs is 3. The van der Waals surface area contributed by atoms with Crippen molar-refractivity contribution in [2.24, 2.45) is 0 Å². The van der Waals surface area contributed by atoms with Crippen LogP contribution in [0, 0.1) is 13.8 Å². The van der Waals surface area contributed by atoms with E-state index >= 15 is 0 Å². The van der Waals surface area contributed by atoms with Crippen LogP contribution in [0.2, 0.25) is 0 Å². The molecule has 0 saturated heterocycles. The highest BCUT2D eigenvalue weighted by molar-refractivity contribution is 6.13. The maximum absolute atomic E-state index is 13.2. The number of phenols is 1. The molecule has 5 nitrogen and oxygen atoms in total. The molecule has 0 spiro atoms. The van der Waals surface area contributed by atoms with Gasteiger partial charge < -0.3 is 14.2 Å². The molecule has 0 aliphatic rings. The van der Waals surface area contributed by atoms with E-state index in [4.69, 9.17) is 4.74 Å². The van der Waals surface area contributed by atoms with Crippen LogP contribution >= 0.6 is 0 Å². The number of carbonyl (C=O) groups excluding carboxylic acids is 2. The van der Waals surface area contributed by atoms with Gasteiger partial charge in [-0.2, -0.15) is 0 Å². The predicted molar refractivity (Wildman–Crippen MR) is 112 cm³/mol. The van der Waals surface area contributed by atoms with E-state index < -0.39 is 5.97 Å². The average Bonchev–Trinajstić information content (AvgIpc) is 3.01. The van der Waals surface area contributed by atoms with Gasteiger partial charge in [0.25, 0.3) is 0 Å². The van der Waals surface area contributed by atoms with Gasteiger partial charge in [0.2, 0.25) is 0 Å². The second-order valence-corrected chi connectivity index (χ2v) is 7.07. The van der Waals surface area contributed by atoms with Gasteiger partial charge in [-0.05, 0) is 50.6 Å². The SMILES string of the molecule is CCOC(=O)c1cc(C(=O)c2cc(C)ccc2O)cn2c1c(C)c1ccccc12. The molecule has 5 heteroatoms. The van der Waals surface area contributed by atoms with Crippen molar-refractivity contribution in [3.05, 3.63) is 82.5 Å². The normalized spacial score (nSPS) is 11.1. The van der Waals surface area contributed by atoms with Crippen LogP contribution in [0.4, 0.5) is 0 Å². The Morgan fingerprint density at radius 3 is 2.55 bits per heavy atom. The Kier molecular flexibility index (Phi) is 4.59. The molecule has 1 N–H and O–H groups in total. The topological polar surface area (TPSA) is 68.0 Å². The molecule has 146 valence electrons. The second kappa shape index (κ2) is 7.09. The lowest BCUT2D eigenvalue weighted by molar-refractivity contribution is 0.0528. The van der Waals surface area contributed by atoms with Gasteiger partial charge in [-0.15, -0.1) is 0 Å². The lowest BCUT2D eigenvalue weighted by atomic mass is 10.00. The van der Waals surface area contributed by atoms with Crippen LogP contribution in [0.15, 0.2) is 54.7 Å². The zero-order chi connectivity index (χ0) is 20.7. The smallest absolute Gasteiger partial charge is 0.340 e. The molecular formula is C24H21NO4. The zero-order valence-electron chi connectivity index (χ0n) is 16.5. The minimum Gasteiger partial charge on any atom is -0.507 e. The number of hydrogen-bond donors (Lipinski definition) is 1. The quantitative estimate of drug-likeness (QED) is 0.403. The van der Waals surface area contributed by atoms with E-state index in [0.29, 0.717) is 11.1 Å². The Morgan fingerprint density at radius 2 is 1.79 bits per heavy atom. The first kappa shape index (κ1) is 18.7. The number of rotatable bonds is 4. The summed E-state index contributed by atoms with van der Waals surface area (Å²) in [6.45, 7) is 5.79. The highest BCUT2D eigenvalue weighted by Crippen LogP contribution is 2.31. The fourth-order valence-corrected chi connectivity index (χ4v) is 3.77. The number of benzene rings is 2. The molecule has 2 aromatic heterocycles. The molecule has 0 saturated carbocycles. The molecule has 0 unspecified atom stereocenters. The summed E-state index contributed by atoms with van der Waals surface area (Å²) >= 11 is 0. The van der Waals surface area contributed by atoms with E-state index in [1.54, 1.807) is 31.3 Å². The maximum atomic E-state index is 13.2. The van der Waals surface area contributed by atoms with Gasteiger partial charge in [0, 0.05) is 17.1 Å². The number of hydrogen-bond acceptors (Lipinski definition) is 4.